The van der Waals surface area contributed by atoms with Gasteiger partial charge in [0.2, 0.25) is 5.95 Å². The summed E-state index contributed by atoms with van der Waals surface area (Å²) in [6.07, 6.45) is 6.77. The first-order chi connectivity index (χ1) is 8.16. The predicted octanol–water partition coefficient (Wildman–Crippen LogP) is 2.87. The number of nitrogens with one attached hydrogen (secondary N) is 1. The Morgan fingerprint density at radius 1 is 1.06 bits per heavy atom. The van der Waals surface area contributed by atoms with Crippen LogP contribution in [0, 0.1) is 19.8 Å². The molecule has 2 rings (SSSR count). The molecule has 94 valence electrons. The minimum atomic E-state index is 0.444. The summed E-state index contributed by atoms with van der Waals surface area (Å²) in [5.74, 6) is 1.43. The van der Waals surface area contributed by atoms with Crippen LogP contribution in [0.5, 0.6) is 0 Å². The van der Waals surface area contributed by atoms with E-state index >= 15 is 0 Å². The summed E-state index contributed by atoms with van der Waals surface area (Å²) in [6, 6.07) is 0.444. The van der Waals surface area contributed by atoms with E-state index in [4.69, 9.17) is 0 Å². The van der Waals surface area contributed by atoms with Crippen molar-refractivity contribution in [3.05, 3.63) is 11.4 Å². The minimum absolute atomic E-state index is 0.444. The number of hydrogen-bond donors (Lipinski definition) is 1. The van der Waals surface area contributed by atoms with Gasteiger partial charge in [0.15, 0.2) is 0 Å². The fourth-order valence-corrected chi connectivity index (χ4v) is 2.47. The summed E-state index contributed by atoms with van der Waals surface area (Å²) < 4.78 is 0. The lowest BCUT2D eigenvalue weighted by Crippen LogP contribution is -2.28. The van der Waals surface area contributed by atoms with Crippen molar-refractivity contribution in [2.75, 3.05) is 5.32 Å². The highest BCUT2D eigenvalue weighted by Gasteiger charge is 2.20. The van der Waals surface area contributed by atoms with Gasteiger partial charge in [-0.05, 0) is 39.5 Å². The van der Waals surface area contributed by atoms with E-state index in [0.717, 1.165) is 17.3 Å². The van der Waals surface area contributed by atoms with Gasteiger partial charge in [-0.15, -0.1) is 5.10 Å². The lowest BCUT2D eigenvalue weighted by atomic mass is 9.85. The van der Waals surface area contributed by atoms with Crippen molar-refractivity contribution in [2.45, 2.75) is 58.9 Å². The van der Waals surface area contributed by atoms with Crippen LogP contribution < -0.4 is 5.32 Å². The third kappa shape index (κ3) is 3.14. The largest absolute Gasteiger partial charge is 0.350 e. The Hall–Kier alpha value is -1.19. The Balaban J connectivity index is 1.96. The number of anilines is 1. The lowest BCUT2D eigenvalue weighted by molar-refractivity contribution is 0.327. The third-order valence-electron chi connectivity index (χ3n) is 3.81. The van der Waals surface area contributed by atoms with Crippen molar-refractivity contribution in [1.29, 1.82) is 0 Å². The number of hydrogen-bond acceptors (Lipinski definition) is 4. The molecule has 0 radical (unpaired) electrons. The Morgan fingerprint density at radius 2 is 1.76 bits per heavy atom. The molecule has 1 unspecified atom stereocenters. The van der Waals surface area contributed by atoms with E-state index in [1.165, 1.54) is 32.1 Å². The maximum atomic E-state index is 4.42. The summed E-state index contributed by atoms with van der Waals surface area (Å²) >= 11 is 0. The zero-order valence-corrected chi connectivity index (χ0v) is 11.0. The Bertz CT molecular complexity index is 372. The van der Waals surface area contributed by atoms with E-state index in [2.05, 4.69) is 27.4 Å². The molecular formula is C13H22N4. The molecule has 1 atom stereocenters. The van der Waals surface area contributed by atoms with Crippen LogP contribution in [0.4, 0.5) is 5.95 Å². The van der Waals surface area contributed by atoms with Crippen molar-refractivity contribution < 1.29 is 0 Å². The average Bonchev–Trinajstić information content (AvgIpc) is 2.35. The van der Waals surface area contributed by atoms with Crippen LogP contribution in [0.15, 0.2) is 0 Å². The number of rotatable bonds is 3. The SMILES string of the molecule is Cc1nnc(NC(C)C2CCCCC2)nc1C. The van der Waals surface area contributed by atoms with E-state index in [1.54, 1.807) is 0 Å². The first-order valence-corrected chi connectivity index (χ1v) is 6.61. The van der Waals surface area contributed by atoms with Crippen LogP contribution in [0.2, 0.25) is 0 Å². The van der Waals surface area contributed by atoms with Gasteiger partial charge in [0, 0.05) is 6.04 Å². The predicted molar refractivity (Wildman–Crippen MR) is 69.0 cm³/mol. The Labute approximate surface area is 103 Å². The highest BCUT2D eigenvalue weighted by molar-refractivity contribution is 5.26. The molecule has 0 bridgehead atoms. The van der Waals surface area contributed by atoms with Crippen LogP contribution in [0.3, 0.4) is 0 Å². The highest BCUT2D eigenvalue weighted by Crippen LogP contribution is 2.27. The van der Waals surface area contributed by atoms with Crippen molar-refractivity contribution in [2.24, 2.45) is 5.92 Å². The molecule has 0 aliphatic heterocycles. The van der Waals surface area contributed by atoms with Gasteiger partial charge in [-0.2, -0.15) is 5.10 Å². The molecule has 0 spiro atoms. The van der Waals surface area contributed by atoms with Crippen LogP contribution >= 0.6 is 0 Å². The fourth-order valence-electron chi connectivity index (χ4n) is 2.47. The maximum absolute atomic E-state index is 4.42. The van der Waals surface area contributed by atoms with Gasteiger partial charge in [-0.3, -0.25) is 0 Å². The summed E-state index contributed by atoms with van der Waals surface area (Å²) in [5, 5.41) is 11.6. The van der Waals surface area contributed by atoms with E-state index in [9.17, 15) is 0 Å². The van der Waals surface area contributed by atoms with Gasteiger partial charge < -0.3 is 5.32 Å². The molecule has 4 heteroatoms. The van der Waals surface area contributed by atoms with Gasteiger partial charge in [-0.1, -0.05) is 19.3 Å². The standard InChI is InChI=1S/C13H22N4/c1-9-10(2)16-17-13(14-9)15-11(3)12-7-5-4-6-8-12/h11-12H,4-8H2,1-3H3,(H,14,15,17). The van der Waals surface area contributed by atoms with Gasteiger partial charge in [0.1, 0.15) is 0 Å². The van der Waals surface area contributed by atoms with Gasteiger partial charge in [0.25, 0.3) is 0 Å². The topological polar surface area (TPSA) is 50.7 Å². The molecular weight excluding hydrogens is 212 g/mol. The molecule has 4 nitrogen and oxygen atoms in total. The summed E-state index contributed by atoms with van der Waals surface area (Å²) in [6.45, 7) is 6.14. The van der Waals surface area contributed by atoms with Crippen molar-refractivity contribution >= 4 is 5.95 Å². The smallest absolute Gasteiger partial charge is 0.243 e. The Morgan fingerprint density at radius 3 is 2.41 bits per heavy atom. The average molecular weight is 234 g/mol. The molecule has 17 heavy (non-hydrogen) atoms. The summed E-state index contributed by atoms with van der Waals surface area (Å²) in [7, 11) is 0. The van der Waals surface area contributed by atoms with Crippen LogP contribution in [0.25, 0.3) is 0 Å². The van der Waals surface area contributed by atoms with Crippen LogP contribution in [-0.2, 0) is 0 Å². The molecule has 1 fully saturated rings. The molecule has 1 aromatic rings. The van der Waals surface area contributed by atoms with E-state index in [1.807, 2.05) is 13.8 Å². The molecule has 0 saturated heterocycles. The van der Waals surface area contributed by atoms with Gasteiger partial charge in [0.05, 0.1) is 11.4 Å². The zero-order chi connectivity index (χ0) is 12.3. The molecule has 0 amide bonds. The first kappa shape index (κ1) is 12.3. The Kier molecular flexibility index (Phi) is 3.92. The molecule has 1 saturated carbocycles. The first-order valence-electron chi connectivity index (χ1n) is 6.61. The molecule has 1 aromatic heterocycles. The normalized spacial score (nSPS) is 19.0. The quantitative estimate of drug-likeness (QED) is 0.873. The van der Waals surface area contributed by atoms with Crippen LogP contribution in [-0.4, -0.2) is 21.2 Å². The molecule has 1 heterocycles. The second kappa shape index (κ2) is 5.43. The second-order valence-corrected chi connectivity index (χ2v) is 5.14. The zero-order valence-electron chi connectivity index (χ0n) is 11.0. The number of nitrogens with zero attached hydrogens (tertiary/aromatic N) is 3. The molecule has 0 aromatic carbocycles. The molecule has 1 aliphatic carbocycles. The van der Waals surface area contributed by atoms with E-state index in [-0.39, 0.29) is 0 Å². The van der Waals surface area contributed by atoms with Gasteiger partial charge in [-0.25, -0.2) is 4.98 Å². The van der Waals surface area contributed by atoms with Crippen molar-refractivity contribution in [3.63, 3.8) is 0 Å². The molecule has 1 N–H and O–H groups in total. The maximum Gasteiger partial charge on any atom is 0.243 e. The minimum Gasteiger partial charge on any atom is -0.350 e. The number of aryl methyl sites for hydroxylation is 2. The second-order valence-electron chi connectivity index (χ2n) is 5.14. The van der Waals surface area contributed by atoms with E-state index < -0.39 is 0 Å². The van der Waals surface area contributed by atoms with Crippen molar-refractivity contribution in [3.8, 4) is 0 Å². The van der Waals surface area contributed by atoms with Crippen molar-refractivity contribution in [1.82, 2.24) is 15.2 Å². The monoisotopic (exact) mass is 234 g/mol. The third-order valence-corrected chi connectivity index (χ3v) is 3.81. The van der Waals surface area contributed by atoms with Crippen LogP contribution in [0.1, 0.15) is 50.4 Å². The van der Waals surface area contributed by atoms with E-state index in [0.29, 0.717) is 12.0 Å². The fraction of sp³-hybridized carbons (Fsp3) is 0.769. The van der Waals surface area contributed by atoms with Gasteiger partial charge >= 0.3 is 0 Å². The number of aromatic nitrogens is 3. The summed E-state index contributed by atoms with van der Waals surface area (Å²) in [4.78, 5) is 4.42. The highest BCUT2D eigenvalue weighted by atomic mass is 15.2. The molecule has 1 aliphatic rings. The lowest BCUT2D eigenvalue weighted by Gasteiger charge is -2.28. The summed E-state index contributed by atoms with van der Waals surface area (Å²) in [5.41, 5.74) is 1.86.